The zero-order valence-corrected chi connectivity index (χ0v) is 8.60. The minimum absolute atomic E-state index is 0.137. The van der Waals surface area contributed by atoms with Crippen LogP contribution in [0.15, 0.2) is 29.4 Å². The third kappa shape index (κ3) is 3.09. The van der Waals surface area contributed by atoms with E-state index in [1.54, 1.807) is 19.1 Å². The first-order valence-corrected chi connectivity index (χ1v) is 4.44. The summed E-state index contributed by atoms with van der Waals surface area (Å²) in [6.07, 6.45) is 0. The van der Waals surface area contributed by atoms with Crippen molar-refractivity contribution < 1.29 is 14.7 Å². The zero-order valence-electron chi connectivity index (χ0n) is 8.60. The van der Waals surface area contributed by atoms with Gasteiger partial charge in [0.1, 0.15) is 5.75 Å². The molecule has 0 saturated carbocycles. The molecular weight excluding hydrogens is 210 g/mol. The Kier molecular flexibility index (Phi) is 3.60. The maximum Gasteiger partial charge on any atom is 0.329 e. The van der Waals surface area contributed by atoms with Gasteiger partial charge in [-0.1, -0.05) is 0 Å². The maximum atomic E-state index is 10.8. The molecule has 6 heteroatoms. The van der Waals surface area contributed by atoms with Crippen LogP contribution >= 0.6 is 0 Å². The number of phenolic OH excluding ortho intramolecular Hbond substituents is 1. The third-order valence-electron chi connectivity index (χ3n) is 1.83. The number of rotatable bonds is 2. The molecule has 84 valence electrons. The number of primary amides is 1. The van der Waals surface area contributed by atoms with Crippen molar-refractivity contribution in [3.05, 3.63) is 29.8 Å². The number of hydrogen-bond acceptors (Lipinski definition) is 4. The summed E-state index contributed by atoms with van der Waals surface area (Å²) in [5.41, 5.74) is 7.94. The van der Waals surface area contributed by atoms with Gasteiger partial charge >= 0.3 is 11.8 Å². The summed E-state index contributed by atoms with van der Waals surface area (Å²) in [5, 5.41) is 12.7. The summed E-state index contributed by atoms with van der Waals surface area (Å²) in [6.45, 7) is 1.65. The Labute approximate surface area is 91.8 Å². The van der Waals surface area contributed by atoms with Crippen LogP contribution in [-0.4, -0.2) is 22.6 Å². The number of nitrogens with one attached hydrogen (secondary N) is 1. The fourth-order valence-corrected chi connectivity index (χ4v) is 0.957. The average molecular weight is 221 g/mol. The lowest BCUT2D eigenvalue weighted by Gasteiger charge is -2.01. The predicted molar refractivity (Wildman–Crippen MR) is 57.7 cm³/mol. The van der Waals surface area contributed by atoms with Gasteiger partial charge in [-0.25, -0.2) is 5.43 Å². The first-order valence-electron chi connectivity index (χ1n) is 4.44. The lowest BCUT2D eigenvalue weighted by Crippen LogP contribution is -2.33. The zero-order chi connectivity index (χ0) is 12.1. The van der Waals surface area contributed by atoms with Gasteiger partial charge in [0.05, 0.1) is 5.71 Å². The van der Waals surface area contributed by atoms with Gasteiger partial charge in [-0.2, -0.15) is 5.10 Å². The molecule has 0 unspecified atom stereocenters. The minimum Gasteiger partial charge on any atom is -0.508 e. The van der Waals surface area contributed by atoms with E-state index in [-0.39, 0.29) is 5.75 Å². The molecule has 2 amide bonds. The van der Waals surface area contributed by atoms with Crippen LogP contribution in [0.4, 0.5) is 0 Å². The van der Waals surface area contributed by atoms with E-state index in [1.807, 2.05) is 5.43 Å². The number of carbonyl (C=O) groups excluding carboxylic acids is 2. The molecule has 0 heterocycles. The van der Waals surface area contributed by atoms with Gasteiger partial charge in [-0.15, -0.1) is 0 Å². The number of phenols is 1. The number of amides is 2. The van der Waals surface area contributed by atoms with E-state index in [0.717, 1.165) is 0 Å². The van der Waals surface area contributed by atoms with Crippen molar-refractivity contribution in [2.24, 2.45) is 10.8 Å². The van der Waals surface area contributed by atoms with Gasteiger partial charge in [-0.3, -0.25) is 9.59 Å². The molecule has 0 aliphatic heterocycles. The summed E-state index contributed by atoms with van der Waals surface area (Å²) in [6, 6.07) is 6.24. The second kappa shape index (κ2) is 4.92. The standard InChI is InChI=1S/C10H11N3O3/c1-6(12-13-10(16)9(11)15)7-2-4-8(14)5-3-7/h2-5,14H,1H3,(H2,11,15)(H,13,16). The van der Waals surface area contributed by atoms with E-state index >= 15 is 0 Å². The van der Waals surface area contributed by atoms with Crippen molar-refractivity contribution in [2.75, 3.05) is 0 Å². The molecule has 0 spiro atoms. The molecule has 0 aliphatic carbocycles. The van der Waals surface area contributed by atoms with E-state index in [9.17, 15) is 9.59 Å². The van der Waals surface area contributed by atoms with Gasteiger partial charge in [0.25, 0.3) is 0 Å². The van der Waals surface area contributed by atoms with Crippen molar-refractivity contribution in [1.82, 2.24) is 5.43 Å². The molecule has 1 aromatic carbocycles. The highest BCUT2D eigenvalue weighted by molar-refractivity contribution is 6.34. The quantitative estimate of drug-likeness (QED) is 0.363. The molecule has 0 aromatic heterocycles. The van der Waals surface area contributed by atoms with Gasteiger partial charge in [-0.05, 0) is 36.8 Å². The molecular formula is C10H11N3O3. The van der Waals surface area contributed by atoms with Crippen molar-refractivity contribution >= 4 is 17.5 Å². The Bertz CT molecular complexity index is 437. The van der Waals surface area contributed by atoms with Crippen molar-refractivity contribution in [1.29, 1.82) is 0 Å². The molecule has 0 saturated heterocycles. The predicted octanol–water partition coefficient (Wildman–Crippen LogP) is -0.282. The van der Waals surface area contributed by atoms with Crippen molar-refractivity contribution in [3.63, 3.8) is 0 Å². The molecule has 0 bridgehead atoms. The fraction of sp³-hybridized carbons (Fsp3) is 0.100. The monoisotopic (exact) mass is 221 g/mol. The summed E-state index contributed by atoms with van der Waals surface area (Å²) in [5.74, 6) is -1.93. The van der Waals surface area contributed by atoms with Gasteiger partial charge in [0.15, 0.2) is 0 Å². The number of benzene rings is 1. The van der Waals surface area contributed by atoms with Crippen LogP contribution < -0.4 is 11.2 Å². The smallest absolute Gasteiger partial charge is 0.329 e. The number of aromatic hydroxyl groups is 1. The summed E-state index contributed by atoms with van der Waals surface area (Å²) in [4.78, 5) is 21.2. The van der Waals surface area contributed by atoms with Crippen LogP contribution in [0.3, 0.4) is 0 Å². The normalized spacial score (nSPS) is 10.9. The molecule has 0 fully saturated rings. The van der Waals surface area contributed by atoms with E-state index < -0.39 is 11.8 Å². The Morgan fingerprint density at radius 3 is 2.38 bits per heavy atom. The summed E-state index contributed by atoms with van der Waals surface area (Å²) < 4.78 is 0. The van der Waals surface area contributed by atoms with Crippen molar-refractivity contribution in [2.45, 2.75) is 6.92 Å². The highest BCUT2D eigenvalue weighted by Crippen LogP contribution is 2.09. The highest BCUT2D eigenvalue weighted by Gasteiger charge is 2.06. The lowest BCUT2D eigenvalue weighted by molar-refractivity contribution is -0.137. The molecule has 0 radical (unpaired) electrons. The average Bonchev–Trinajstić information content (AvgIpc) is 2.26. The van der Waals surface area contributed by atoms with Crippen LogP contribution in [0, 0.1) is 0 Å². The van der Waals surface area contributed by atoms with E-state index in [4.69, 9.17) is 10.8 Å². The number of hydrogen-bond donors (Lipinski definition) is 3. The second-order valence-corrected chi connectivity index (χ2v) is 3.05. The molecule has 1 rings (SSSR count). The van der Waals surface area contributed by atoms with Crippen LogP contribution in [0.5, 0.6) is 5.75 Å². The molecule has 16 heavy (non-hydrogen) atoms. The van der Waals surface area contributed by atoms with Crippen LogP contribution in [0.25, 0.3) is 0 Å². The first-order chi connectivity index (χ1) is 7.50. The molecule has 0 aliphatic rings. The Morgan fingerprint density at radius 2 is 1.88 bits per heavy atom. The number of nitrogens with two attached hydrogens (primary N) is 1. The molecule has 6 nitrogen and oxygen atoms in total. The molecule has 4 N–H and O–H groups in total. The number of carbonyl (C=O) groups is 2. The second-order valence-electron chi connectivity index (χ2n) is 3.05. The molecule has 0 atom stereocenters. The minimum atomic E-state index is -1.10. The Hall–Kier alpha value is -2.37. The third-order valence-corrected chi connectivity index (χ3v) is 1.83. The fourth-order valence-electron chi connectivity index (χ4n) is 0.957. The highest BCUT2D eigenvalue weighted by atomic mass is 16.3. The maximum absolute atomic E-state index is 10.8. The van der Waals surface area contributed by atoms with E-state index in [2.05, 4.69) is 5.10 Å². The van der Waals surface area contributed by atoms with Crippen molar-refractivity contribution in [3.8, 4) is 5.75 Å². The first kappa shape index (κ1) is 11.7. The number of hydrazone groups is 1. The van der Waals surface area contributed by atoms with Gasteiger partial charge < -0.3 is 10.8 Å². The van der Waals surface area contributed by atoms with Crippen LogP contribution in [0.2, 0.25) is 0 Å². The molecule has 1 aromatic rings. The summed E-state index contributed by atoms with van der Waals surface area (Å²) in [7, 11) is 0. The van der Waals surface area contributed by atoms with Gasteiger partial charge in [0.2, 0.25) is 0 Å². The van der Waals surface area contributed by atoms with Crippen LogP contribution in [-0.2, 0) is 9.59 Å². The number of nitrogens with zero attached hydrogens (tertiary/aromatic N) is 1. The topological polar surface area (TPSA) is 105 Å². The largest absolute Gasteiger partial charge is 0.508 e. The SMILES string of the molecule is CC(=NNC(=O)C(N)=O)c1ccc(O)cc1. The van der Waals surface area contributed by atoms with Crippen LogP contribution in [0.1, 0.15) is 12.5 Å². The van der Waals surface area contributed by atoms with E-state index in [1.165, 1.54) is 12.1 Å². The summed E-state index contributed by atoms with van der Waals surface area (Å²) >= 11 is 0. The van der Waals surface area contributed by atoms with E-state index in [0.29, 0.717) is 11.3 Å². The lowest BCUT2D eigenvalue weighted by atomic mass is 10.1. The Morgan fingerprint density at radius 1 is 1.31 bits per heavy atom. The Balaban J connectivity index is 2.74. The van der Waals surface area contributed by atoms with Gasteiger partial charge in [0, 0.05) is 0 Å².